The van der Waals surface area contributed by atoms with Gasteiger partial charge in [0.2, 0.25) is 5.88 Å². The Kier molecular flexibility index (Phi) is 4.81. The molecule has 1 aliphatic heterocycles. The van der Waals surface area contributed by atoms with Crippen LogP contribution >= 0.6 is 0 Å². The van der Waals surface area contributed by atoms with Crippen LogP contribution in [0, 0.1) is 5.41 Å². The molecule has 9 heteroatoms. The highest BCUT2D eigenvalue weighted by molar-refractivity contribution is 7.88. The van der Waals surface area contributed by atoms with E-state index in [1.165, 1.54) is 6.21 Å². The molecule has 132 valence electrons. The Morgan fingerprint density at radius 3 is 2.04 bits per heavy atom. The van der Waals surface area contributed by atoms with E-state index in [4.69, 9.17) is 4.43 Å². The Balaban J connectivity index is 3.62. The maximum atomic E-state index is 12.1. The zero-order valence-corrected chi connectivity index (χ0v) is 16.8. The highest BCUT2D eigenvalue weighted by Gasteiger charge is 2.46. The topological polar surface area (TPSA) is 96.3 Å². The van der Waals surface area contributed by atoms with Crippen molar-refractivity contribution in [3.05, 3.63) is 11.5 Å². The van der Waals surface area contributed by atoms with Gasteiger partial charge in [0.25, 0.3) is 8.32 Å². The number of nitrogens with zero attached hydrogens (tertiary/aromatic N) is 2. The van der Waals surface area contributed by atoms with E-state index in [0.29, 0.717) is 5.57 Å². The predicted molar refractivity (Wildman–Crippen MR) is 92.0 cm³/mol. The van der Waals surface area contributed by atoms with Crippen LogP contribution in [0.4, 0.5) is 4.79 Å². The molecule has 0 aromatic carbocycles. The first-order valence-electron chi connectivity index (χ1n) is 7.28. The van der Waals surface area contributed by atoms with Crippen LogP contribution in [-0.2, 0) is 14.6 Å². The third-order valence-corrected chi connectivity index (χ3v) is 9.57. The maximum Gasteiger partial charge on any atom is 0.429 e. The van der Waals surface area contributed by atoms with Crippen LogP contribution in [0.25, 0.3) is 0 Å². The smallest absolute Gasteiger partial charge is 0.429 e. The number of carboxylic acid groups (broad SMARTS) is 1. The van der Waals surface area contributed by atoms with Crippen molar-refractivity contribution in [2.75, 3.05) is 0 Å². The van der Waals surface area contributed by atoms with Gasteiger partial charge in [0.1, 0.15) is 0 Å². The molecule has 1 rings (SSSR count). The highest BCUT2D eigenvalue weighted by atomic mass is 32.2. The Labute approximate surface area is 139 Å². The van der Waals surface area contributed by atoms with Crippen molar-refractivity contribution in [1.29, 1.82) is 0 Å². The second kappa shape index (κ2) is 5.62. The van der Waals surface area contributed by atoms with Crippen LogP contribution in [0.2, 0.25) is 18.1 Å². The molecule has 0 atom stereocenters. The van der Waals surface area contributed by atoms with E-state index in [0.717, 1.165) is 0 Å². The summed E-state index contributed by atoms with van der Waals surface area (Å²) in [4.78, 5) is 11.6. The zero-order valence-electron chi connectivity index (χ0n) is 15.0. The van der Waals surface area contributed by atoms with Crippen LogP contribution < -0.4 is 0 Å². The third-order valence-electron chi connectivity index (χ3n) is 4.10. The van der Waals surface area contributed by atoms with Crippen molar-refractivity contribution in [2.45, 2.75) is 59.7 Å². The molecular weight excluding hydrogens is 336 g/mol. The molecule has 0 spiro atoms. The molecular formula is C14H26N2O5SSi. The lowest BCUT2D eigenvalue weighted by Gasteiger charge is -2.40. The van der Waals surface area contributed by atoms with E-state index in [1.54, 1.807) is 0 Å². The van der Waals surface area contributed by atoms with Crippen LogP contribution in [0.1, 0.15) is 41.5 Å². The first-order valence-corrected chi connectivity index (χ1v) is 11.6. The van der Waals surface area contributed by atoms with Crippen LogP contribution in [0.3, 0.4) is 0 Å². The van der Waals surface area contributed by atoms with Gasteiger partial charge < -0.3 is 9.53 Å². The van der Waals surface area contributed by atoms with Crippen molar-refractivity contribution >= 4 is 30.8 Å². The lowest BCUT2D eigenvalue weighted by Crippen LogP contribution is -2.47. The second-order valence-electron chi connectivity index (χ2n) is 8.09. The van der Waals surface area contributed by atoms with Crippen molar-refractivity contribution in [3.8, 4) is 0 Å². The number of rotatable bonds is 2. The average molecular weight is 363 g/mol. The summed E-state index contributed by atoms with van der Waals surface area (Å²) >= 11 is 0. The molecule has 7 nitrogen and oxygen atoms in total. The standard InChI is InChI=1S/C14H26N2O5SSi/c1-13(2,3)10-9-15-22(19,20)16(12(17)18)11(10)21-23(7,8)14(4,5)6/h9H,1-8H3,(H,17,18). The lowest BCUT2D eigenvalue weighted by molar-refractivity contribution is 0.162. The molecule has 23 heavy (non-hydrogen) atoms. The fourth-order valence-corrected chi connectivity index (χ4v) is 3.56. The Hall–Kier alpha value is -1.35. The summed E-state index contributed by atoms with van der Waals surface area (Å²) in [6.45, 7) is 15.4. The van der Waals surface area contributed by atoms with E-state index in [2.05, 4.69) is 4.40 Å². The minimum atomic E-state index is -4.34. The number of amides is 1. The average Bonchev–Trinajstić information content (AvgIpc) is 2.22. The molecule has 1 heterocycles. The number of hydrogen-bond acceptors (Lipinski definition) is 4. The third kappa shape index (κ3) is 3.95. The summed E-state index contributed by atoms with van der Waals surface area (Å²) in [5.41, 5.74) is -0.0790. The van der Waals surface area contributed by atoms with E-state index in [1.807, 2.05) is 54.6 Å². The van der Waals surface area contributed by atoms with Crippen molar-refractivity contribution in [1.82, 2.24) is 4.31 Å². The molecule has 0 aromatic heterocycles. The van der Waals surface area contributed by atoms with Gasteiger partial charge >= 0.3 is 16.3 Å². The number of allylic oxidation sites excluding steroid dienone is 1. The first kappa shape index (κ1) is 19.7. The first-order chi connectivity index (χ1) is 10.0. The molecule has 0 aliphatic carbocycles. The van der Waals surface area contributed by atoms with Gasteiger partial charge in [0.05, 0.1) is 6.21 Å². The summed E-state index contributed by atoms with van der Waals surface area (Å²) in [7, 11) is -6.79. The number of hydrogen-bond donors (Lipinski definition) is 1. The Bertz CT molecular complexity index is 666. The summed E-state index contributed by atoms with van der Waals surface area (Å²) in [5.74, 6) is -0.147. The second-order valence-corrected chi connectivity index (χ2v) is 14.3. The van der Waals surface area contributed by atoms with E-state index in [9.17, 15) is 18.3 Å². The van der Waals surface area contributed by atoms with Gasteiger partial charge in [-0.3, -0.25) is 0 Å². The van der Waals surface area contributed by atoms with E-state index < -0.39 is 30.0 Å². The Morgan fingerprint density at radius 1 is 1.22 bits per heavy atom. The van der Waals surface area contributed by atoms with Gasteiger partial charge in [-0.2, -0.15) is 12.8 Å². The van der Waals surface area contributed by atoms with Gasteiger partial charge in [-0.25, -0.2) is 4.79 Å². The molecule has 0 saturated carbocycles. The molecule has 0 bridgehead atoms. The van der Waals surface area contributed by atoms with Gasteiger partial charge in [-0.05, 0) is 23.5 Å². The maximum absolute atomic E-state index is 12.1. The summed E-state index contributed by atoms with van der Waals surface area (Å²) < 4.78 is 33.9. The molecule has 1 aliphatic rings. The fourth-order valence-electron chi connectivity index (χ4n) is 1.63. The predicted octanol–water partition coefficient (Wildman–Crippen LogP) is 3.58. The van der Waals surface area contributed by atoms with Crippen LogP contribution in [0.5, 0.6) is 0 Å². The lowest BCUT2D eigenvalue weighted by atomic mass is 9.87. The van der Waals surface area contributed by atoms with Crippen molar-refractivity contribution < 1.29 is 22.7 Å². The Morgan fingerprint density at radius 2 is 1.70 bits per heavy atom. The molecule has 1 N–H and O–H groups in total. The summed E-state index contributed by atoms with van der Waals surface area (Å²) in [6, 6.07) is 0. The minimum Gasteiger partial charge on any atom is -0.531 e. The normalized spacial score (nSPS) is 19.0. The minimum absolute atomic E-state index is 0.147. The van der Waals surface area contributed by atoms with Gasteiger partial charge in [0.15, 0.2) is 0 Å². The number of carbonyl (C=O) groups is 1. The van der Waals surface area contributed by atoms with Gasteiger partial charge in [-0.1, -0.05) is 41.5 Å². The molecule has 1 amide bonds. The monoisotopic (exact) mass is 362 g/mol. The quantitative estimate of drug-likeness (QED) is 0.757. The summed E-state index contributed by atoms with van der Waals surface area (Å²) in [6.07, 6.45) is -0.436. The van der Waals surface area contributed by atoms with Crippen molar-refractivity contribution in [3.63, 3.8) is 0 Å². The largest absolute Gasteiger partial charge is 0.531 e. The van der Waals surface area contributed by atoms with Crippen LogP contribution in [-0.4, -0.2) is 38.5 Å². The molecule has 0 radical (unpaired) electrons. The molecule has 0 aromatic rings. The highest BCUT2D eigenvalue weighted by Crippen LogP contribution is 2.41. The van der Waals surface area contributed by atoms with Gasteiger partial charge in [0, 0.05) is 5.57 Å². The van der Waals surface area contributed by atoms with E-state index >= 15 is 0 Å². The van der Waals surface area contributed by atoms with Crippen LogP contribution in [0.15, 0.2) is 15.9 Å². The summed E-state index contributed by atoms with van der Waals surface area (Å²) in [5, 5.41) is 9.18. The molecule has 0 unspecified atom stereocenters. The molecule has 0 fully saturated rings. The zero-order chi connectivity index (χ0) is 18.4. The van der Waals surface area contributed by atoms with Gasteiger partial charge in [-0.15, -0.1) is 4.31 Å². The molecule has 0 saturated heterocycles. The van der Waals surface area contributed by atoms with Crippen molar-refractivity contribution in [2.24, 2.45) is 9.81 Å². The fraction of sp³-hybridized carbons (Fsp3) is 0.714. The van der Waals surface area contributed by atoms with E-state index in [-0.39, 0.29) is 15.2 Å². The SMILES string of the molecule is CC(C)(C)C1=C(O[Si](C)(C)C(C)(C)C)N(C(=O)O)S(=O)(=O)N=C1.